The van der Waals surface area contributed by atoms with Gasteiger partial charge in [-0.3, -0.25) is 14.5 Å². The molecule has 31 heavy (non-hydrogen) atoms. The van der Waals surface area contributed by atoms with E-state index >= 15 is 0 Å². The van der Waals surface area contributed by atoms with E-state index in [9.17, 15) is 9.59 Å². The highest BCUT2D eigenvalue weighted by Crippen LogP contribution is 2.12. The molecule has 0 radical (unpaired) electrons. The molecular formula is C24H31N3O4. The molecule has 0 aliphatic carbocycles. The predicted octanol–water partition coefficient (Wildman–Crippen LogP) is 1.93. The van der Waals surface area contributed by atoms with Crippen molar-refractivity contribution in [1.82, 2.24) is 15.1 Å². The maximum Gasteiger partial charge on any atom is 0.261 e. The van der Waals surface area contributed by atoms with Crippen LogP contribution in [-0.2, 0) is 20.9 Å². The summed E-state index contributed by atoms with van der Waals surface area (Å²) in [5.74, 6) is 0.221. The third-order valence-corrected chi connectivity index (χ3v) is 5.30. The minimum Gasteiger partial charge on any atom is -0.484 e. The molecule has 166 valence electrons. The fraction of sp³-hybridized carbons (Fsp3) is 0.417. The molecule has 0 unspecified atom stereocenters. The maximum atomic E-state index is 13.0. The Balaban J connectivity index is 1.58. The van der Waals surface area contributed by atoms with Gasteiger partial charge in [0.15, 0.2) is 6.61 Å². The van der Waals surface area contributed by atoms with E-state index in [0.717, 1.165) is 38.4 Å². The second-order valence-corrected chi connectivity index (χ2v) is 7.53. The van der Waals surface area contributed by atoms with E-state index < -0.39 is 6.04 Å². The van der Waals surface area contributed by atoms with Gasteiger partial charge in [-0.05, 0) is 24.6 Å². The van der Waals surface area contributed by atoms with Crippen molar-refractivity contribution in [3.8, 4) is 5.75 Å². The Hall–Kier alpha value is -2.90. The third kappa shape index (κ3) is 7.38. The lowest BCUT2D eigenvalue weighted by molar-refractivity contribution is -0.142. The lowest BCUT2D eigenvalue weighted by Crippen LogP contribution is -2.50. The van der Waals surface area contributed by atoms with Crippen LogP contribution in [0.15, 0.2) is 60.7 Å². The van der Waals surface area contributed by atoms with Gasteiger partial charge in [0.2, 0.25) is 5.91 Å². The molecule has 1 atom stereocenters. The largest absolute Gasteiger partial charge is 0.484 e. The number of morpholine rings is 1. The average Bonchev–Trinajstić information content (AvgIpc) is 2.82. The molecule has 3 rings (SSSR count). The summed E-state index contributed by atoms with van der Waals surface area (Å²) in [6.07, 6.45) is 0. The second kappa shape index (κ2) is 12.1. The first-order chi connectivity index (χ1) is 15.1. The first-order valence-electron chi connectivity index (χ1n) is 10.7. The fourth-order valence-corrected chi connectivity index (χ4v) is 3.42. The number of para-hydroxylation sites is 1. The molecule has 0 aromatic heterocycles. The van der Waals surface area contributed by atoms with E-state index in [1.807, 2.05) is 48.5 Å². The number of rotatable bonds is 10. The molecule has 1 aliphatic heterocycles. The Morgan fingerprint density at radius 2 is 1.71 bits per heavy atom. The van der Waals surface area contributed by atoms with Crippen LogP contribution in [0.4, 0.5) is 0 Å². The van der Waals surface area contributed by atoms with Gasteiger partial charge in [0.05, 0.1) is 13.2 Å². The Labute approximate surface area is 183 Å². The van der Waals surface area contributed by atoms with Crippen molar-refractivity contribution in [1.29, 1.82) is 0 Å². The average molecular weight is 426 g/mol. The van der Waals surface area contributed by atoms with Crippen LogP contribution in [-0.4, -0.2) is 73.7 Å². The molecule has 2 amide bonds. The lowest BCUT2D eigenvalue weighted by atomic mass is 10.1. The summed E-state index contributed by atoms with van der Waals surface area (Å²) in [6, 6.07) is 18.2. The number of ether oxygens (including phenoxy) is 2. The molecule has 1 aliphatic rings. The zero-order chi connectivity index (χ0) is 21.9. The number of benzene rings is 2. The van der Waals surface area contributed by atoms with Gasteiger partial charge in [-0.2, -0.15) is 0 Å². The van der Waals surface area contributed by atoms with Crippen molar-refractivity contribution < 1.29 is 19.1 Å². The molecule has 7 heteroatoms. The number of hydrogen-bond donors (Lipinski definition) is 1. The number of amides is 2. The van der Waals surface area contributed by atoms with Crippen molar-refractivity contribution in [2.45, 2.75) is 19.5 Å². The zero-order valence-electron chi connectivity index (χ0n) is 18.0. The van der Waals surface area contributed by atoms with Crippen molar-refractivity contribution in [3.05, 3.63) is 66.2 Å². The van der Waals surface area contributed by atoms with E-state index in [2.05, 4.69) is 10.2 Å². The van der Waals surface area contributed by atoms with Gasteiger partial charge in [-0.25, -0.2) is 0 Å². The Kier molecular flexibility index (Phi) is 8.87. The maximum absolute atomic E-state index is 13.0. The van der Waals surface area contributed by atoms with Crippen LogP contribution < -0.4 is 10.1 Å². The summed E-state index contributed by atoms with van der Waals surface area (Å²) in [5, 5.41) is 2.97. The highest BCUT2D eigenvalue weighted by atomic mass is 16.5. The summed E-state index contributed by atoms with van der Waals surface area (Å²) in [6.45, 7) is 6.49. The van der Waals surface area contributed by atoms with E-state index in [-0.39, 0.29) is 18.4 Å². The monoisotopic (exact) mass is 425 g/mol. The van der Waals surface area contributed by atoms with E-state index in [4.69, 9.17) is 9.47 Å². The quantitative estimate of drug-likeness (QED) is 0.630. The number of nitrogens with one attached hydrogen (secondary N) is 1. The number of hydrogen-bond acceptors (Lipinski definition) is 5. The predicted molar refractivity (Wildman–Crippen MR) is 119 cm³/mol. The van der Waals surface area contributed by atoms with Crippen molar-refractivity contribution in [3.63, 3.8) is 0 Å². The molecular weight excluding hydrogens is 394 g/mol. The molecule has 1 fully saturated rings. The molecule has 2 aromatic rings. The van der Waals surface area contributed by atoms with Crippen LogP contribution in [0.3, 0.4) is 0 Å². The van der Waals surface area contributed by atoms with Gasteiger partial charge >= 0.3 is 0 Å². The third-order valence-electron chi connectivity index (χ3n) is 5.30. The van der Waals surface area contributed by atoms with E-state index in [1.54, 1.807) is 24.0 Å². The van der Waals surface area contributed by atoms with Crippen LogP contribution in [0.5, 0.6) is 5.75 Å². The van der Waals surface area contributed by atoms with Crippen LogP contribution in [0.2, 0.25) is 0 Å². The number of carbonyl (C=O) groups is 2. The van der Waals surface area contributed by atoms with E-state index in [1.165, 1.54) is 0 Å². The summed E-state index contributed by atoms with van der Waals surface area (Å²) in [7, 11) is 0. The molecule has 0 bridgehead atoms. The summed E-state index contributed by atoms with van der Waals surface area (Å²) in [4.78, 5) is 29.6. The normalized spacial score (nSPS) is 15.1. The highest BCUT2D eigenvalue weighted by Gasteiger charge is 2.26. The van der Waals surface area contributed by atoms with Gasteiger partial charge in [-0.1, -0.05) is 48.5 Å². The molecule has 1 N–H and O–H groups in total. The molecule has 1 saturated heterocycles. The first-order valence-corrected chi connectivity index (χ1v) is 10.7. The minimum atomic E-state index is -0.614. The molecule has 7 nitrogen and oxygen atoms in total. The van der Waals surface area contributed by atoms with Crippen molar-refractivity contribution in [2.75, 3.05) is 46.0 Å². The number of nitrogens with zero attached hydrogens (tertiary/aromatic N) is 2. The van der Waals surface area contributed by atoms with Crippen LogP contribution in [0, 0.1) is 0 Å². The van der Waals surface area contributed by atoms with Crippen LogP contribution in [0.1, 0.15) is 12.5 Å². The Bertz CT molecular complexity index is 810. The van der Waals surface area contributed by atoms with Gasteiger partial charge in [-0.15, -0.1) is 0 Å². The lowest BCUT2D eigenvalue weighted by Gasteiger charge is -2.30. The molecule has 0 spiro atoms. The van der Waals surface area contributed by atoms with Gasteiger partial charge in [0.1, 0.15) is 11.8 Å². The van der Waals surface area contributed by atoms with Crippen LogP contribution in [0.25, 0.3) is 0 Å². The summed E-state index contributed by atoms with van der Waals surface area (Å²) in [5.41, 5.74) is 0.962. The van der Waals surface area contributed by atoms with Gasteiger partial charge < -0.3 is 19.7 Å². The summed E-state index contributed by atoms with van der Waals surface area (Å²) >= 11 is 0. The smallest absolute Gasteiger partial charge is 0.261 e. The van der Waals surface area contributed by atoms with E-state index in [0.29, 0.717) is 18.8 Å². The minimum absolute atomic E-state index is 0.123. The second-order valence-electron chi connectivity index (χ2n) is 7.53. The Morgan fingerprint density at radius 1 is 1.06 bits per heavy atom. The topological polar surface area (TPSA) is 71.1 Å². The summed E-state index contributed by atoms with van der Waals surface area (Å²) < 4.78 is 11.0. The zero-order valence-corrected chi connectivity index (χ0v) is 18.0. The first kappa shape index (κ1) is 22.8. The van der Waals surface area contributed by atoms with Gasteiger partial charge in [0.25, 0.3) is 5.91 Å². The highest BCUT2D eigenvalue weighted by molar-refractivity contribution is 5.87. The van der Waals surface area contributed by atoms with Crippen molar-refractivity contribution in [2.24, 2.45) is 0 Å². The molecule has 2 aromatic carbocycles. The standard InChI is InChI=1S/C24H31N3O4/c1-20(24(29)25-12-13-26-14-16-30-17-15-26)27(18-21-8-4-2-5-9-21)23(28)19-31-22-10-6-3-7-11-22/h2-11,20H,12-19H2,1H3,(H,25,29)/t20-/m0/s1. The fourth-order valence-electron chi connectivity index (χ4n) is 3.42. The molecule has 0 saturated carbocycles. The SMILES string of the molecule is C[C@@H](C(=O)NCCN1CCOCC1)N(Cc1ccccc1)C(=O)COc1ccccc1. The molecule has 1 heterocycles. The Morgan fingerprint density at radius 3 is 2.39 bits per heavy atom. The van der Waals surface area contributed by atoms with Gasteiger partial charge in [0, 0.05) is 32.7 Å². The van der Waals surface area contributed by atoms with Crippen molar-refractivity contribution >= 4 is 11.8 Å². The van der Waals surface area contributed by atoms with Crippen LogP contribution >= 0.6 is 0 Å². The number of carbonyl (C=O) groups excluding carboxylic acids is 2.